The van der Waals surface area contributed by atoms with E-state index in [1.807, 2.05) is 51.1 Å². The summed E-state index contributed by atoms with van der Waals surface area (Å²) in [6.07, 6.45) is 8.16. The number of aryl methyl sites for hydroxylation is 1. The topological polar surface area (TPSA) is 105 Å². The summed E-state index contributed by atoms with van der Waals surface area (Å²) in [5.41, 5.74) is 1.01. The van der Waals surface area contributed by atoms with E-state index < -0.39 is 33.6 Å². The summed E-state index contributed by atoms with van der Waals surface area (Å²) < 4.78 is 42.0. The van der Waals surface area contributed by atoms with Crippen molar-refractivity contribution in [1.82, 2.24) is 4.72 Å². The minimum absolute atomic E-state index is 0.0210. The van der Waals surface area contributed by atoms with Crippen LogP contribution in [0.4, 0.5) is 0 Å². The van der Waals surface area contributed by atoms with E-state index in [1.54, 1.807) is 0 Å². The van der Waals surface area contributed by atoms with Gasteiger partial charge in [0.15, 0.2) is 6.29 Å². The van der Waals surface area contributed by atoms with Crippen LogP contribution in [0, 0.1) is 29.6 Å². The van der Waals surface area contributed by atoms with Gasteiger partial charge in [0.2, 0.25) is 10.0 Å². The van der Waals surface area contributed by atoms with E-state index in [9.17, 15) is 18.6 Å². The number of sulfonamides is 1. The van der Waals surface area contributed by atoms with Gasteiger partial charge in [-0.05, 0) is 81.8 Å². The Bertz CT molecular complexity index is 1170. The first-order valence-electron chi connectivity index (χ1n) is 14.5. The zero-order valence-electron chi connectivity index (χ0n) is 23.6. The number of hydrogen-bond donors (Lipinski definition) is 3. The molecular formula is C31H45NO6S. The van der Waals surface area contributed by atoms with Crippen molar-refractivity contribution in [3.05, 3.63) is 59.7 Å². The summed E-state index contributed by atoms with van der Waals surface area (Å²) in [5, 5.41) is 21.2. The lowest BCUT2D eigenvalue weighted by Gasteiger charge is -2.47. The van der Waals surface area contributed by atoms with Crippen LogP contribution >= 0.6 is 0 Å². The molecule has 3 N–H and O–H groups in total. The molecule has 1 aromatic carbocycles. The second-order valence-electron chi connectivity index (χ2n) is 13.2. The number of nitrogens with one attached hydrogen (secondary N) is 1. The first kappa shape index (κ1) is 29.0. The Kier molecular flexibility index (Phi) is 8.19. The smallest absolute Gasteiger partial charge is 0.212 e. The van der Waals surface area contributed by atoms with Gasteiger partial charge in [-0.25, -0.2) is 13.1 Å². The third kappa shape index (κ3) is 6.52. The van der Waals surface area contributed by atoms with Crippen LogP contribution in [0.5, 0.6) is 0 Å². The highest BCUT2D eigenvalue weighted by molar-refractivity contribution is 7.89. The zero-order chi connectivity index (χ0) is 28.0. The number of hydrogen-bond acceptors (Lipinski definition) is 6. The Morgan fingerprint density at radius 3 is 2.62 bits per heavy atom. The highest BCUT2D eigenvalue weighted by Crippen LogP contribution is 2.63. The van der Waals surface area contributed by atoms with Gasteiger partial charge in [-0.1, -0.05) is 55.5 Å². The Hall–Kier alpha value is -1.55. The quantitative estimate of drug-likeness (QED) is 0.396. The van der Waals surface area contributed by atoms with E-state index in [1.165, 1.54) is 5.57 Å². The Morgan fingerprint density at radius 2 is 1.92 bits per heavy atom. The average molecular weight is 560 g/mol. The van der Waals surface area contributed by atoms with Gasteiger partial charge in [0.25, 0.3) is 0 Å². The van der Waals surface area contributed by atoms with Gasteiger partial charge in [0.05, 0.1) is 17.5 Å². The fraction of sp³-hybridized carbons (Fsp3) is 0.677. The minimum atomic E-state index is -3.54. The molecule has 2 saturated carbocycles. The van der Waals surface area contributed by atoms with Crippen molar-refractivity contribution < 1.29 is 28.1 Å². The maximum absolute atomic E-state index is 13.3. The molecule has 4 aliphatic rings. The molecule has 5 rings (SSSR count). The van der Waals surface area contributed by atoms with E-state index in [2.05, 4.69) is 29.9 Å². The number of benzene rings is 1. The Balaban J connectivity index is 1.42. The summed E-state index contributed by atoms with van der Waals surface area (Å²) in [7, 11) is -3.54. The molecule has 0 bridgehead atoms. The minimum Gasteiger partial charge on any atom is -0.374 e. The summed E-state index contributed by atoms with van der Waals surface area (Å²) in [4.78, 5) is 0. The average Bonchev–Trinajstić information content (AvgIpc) is 3.57. The summed E-state index contributed by atoms with van der Waals surface area (Å²) in [6.45, 7) is 8.70. The van der Waals surface area contributed by atoms with Gasteiger partial charge in [0.1, 0.15) is 6.10 Å². The second kappa shape index (κ2) is 11.0. The summed E-state index contributed by atoms with van der Waals surface area (Å²) >= 11 is 0. The molecule has 0 spiro atoms. The van der Waals surface area contributed by atoms with Crippen molar-refractivity contribution in [1.29, 1.82) is 0 Å². The maximum atomic E-state index is 13.3. The number of fused-ring (bicyclic) bond motifs is 2. The van der Waals surface area contributed by atoms with Crippen molar-refractivity contribution in [2.75, 3.05) is 12.4 Å². The Labute approximate surface area is 233 Å². The first-order valence-corrected chi connectivity index (χ1v) is 16.1. The standard InChI is InChI=1S/C31H45NO6S/c1-20-18-31(32-39(35,36)16-14-21-9-6-5-7-10-21)19-24(31)27(28(29(33)34)38-30(2,3)4)26(20)23-12-13-25-22(17-23)11-8-15-37-25/h5-7,9-10,12-13,17,20,22,24-29,32-34H,8,11,14-16,18-19H2,1-4H3. The molecule has 8 heteroatoms. The molecule has 8 atom stereocenters. The highest BCUT2D eigenvalue weighted by Gasteiger charge is 2.67. The van der Waals surface area contributed by atoms with Crippen LogP contribution in [-0.2, 0) is 25.9 Å². The van der Waals surface area contributed by atoms with Crippen LogP contribution < -0.4 is 4.72 Å². The van der Waals surface area contributed by atoms with Gasteiger partial charge in [-0.2, -0.15) is 0 Å². The van der Waals surface area contributed by atoms with Gasteiger partial charge in [-0.3, -0.25) is 0 Å². The second-order valence-corrected chi connectivity index (χ2v) is 15.0. The highest BCUT2D eigenvalue weighted by atomic mass is 32.2. The molecule has 1 saturated heterocycles. The fourth-order valence-electron chi connectivity index (χ4n) is 7.48. The van der Waals surface area contributed by atoms with Crippen LogP contribution in [0.1, 0.15) is 58.9 Å². The molecule has 3 aliphatic carbocycles. The van der Waals surface area contributed by atoms with E-state index in [-0.39, 0.29) is 35.5 Å². The van der Waals surface area contributed by atoms with Gasteiger partial charge >= 0.3 is 0 Å². The SMILES string of the molecule is CC1CC2(NS(=O)(=O)CCc3ccccc3)CC2C(C(OC(C)(C)C)C(O)O)C1C1=CC2CCCOC2C=C1. The largest absolute Gasteiger partial charge is 0.374 e. The molecule has 0 amide bonds. The molecular weight excluding hydrogens is 514 g/mol. The molecule has 1 aliphatic heterocycles. The number of aliphatic hydroxyl groups is 2. The van der Waals surface area contributed by atoms with Crippen LogP contribution in [0.2, 0.25) is 0 Å². The molecule has 3 fully saturated rings. The molecule has 0 radical (unpaired) electrons. The zero-order valence-corrected chi connectivity index (χ0v) is 24.4. The Morgan fingerprint density at radius 1 is 1.18 bits per heavy atom. The molecule has 0 aromatic heterocycles. The van der Waals surface area contributed by atoms with Crippen molar-refractivity contribution in [3.8, 4) is 0 Å². The van der Waals surface area contributed by atoms with Gasteiger partial charge in [-0.15, -0.1) is 0 Å². The molecule has 1 heterocycles. The van der Waals surface area contributed by atoms with Gasteiger partial charge < -0.3 is 19.7 Å². The van der Waals surface area contributed by atoms with Crippen molar-refractivity contribution in [2.24, 2.45) is 29.6 Å². The van der Waals surface area contributed by atoms with Crippen molar-refractivity contribution >= 4 is 10.0 Å². The summed E-state index contributed by atoms with van der Waals surface area (Å²) in [5.74, 6) is 0.181. The van der Waals surface area contributed by atoms with E-state index >= 15 is 0 Å². The molecule has 216 valence electrons. The lowest BCUT2D eigenvalue weighted by molar-refractivity contribution is -0.213. The fourth-order valence-corrected chi connectivity index (χ4v) is 9.03. The van der Waals surface area contributed by atoms with Crippen molar-refractivity contribution in [3.63, 3.8) is 0 Å². The lowest BCUT2D eigenvalue weighted by Crippen LogP contribution is -2.53. The van der Waals surface area contributed by atoms with Crippen LogP contribution in [0.15, 0.2) is 54.1 Å². The number of aliphatic hydroxyl groups excluding tert-OH is 1. The maximum Gasteiger partial charge on any atom is 0.212 e. The number of rotatable bonds is 9. The third-order valence-corrected chi connectivity index (χ3v) is 10.5. The predicted molar refractivity (Wildman–Crippen MR) is 151 cm³/mol. The van der Waals surface area contributed by atoms with E-state index in [4.69, 9.17) is 9.47 Å². The molecule has 39 heavy (non-hydrogen) atoms. The van der Waals surface area contributed by atoms with E-state index in [0.717, 1.165) is 25.0 Å². The lowest BCUT2D eigenvalue weighted by atomic mass is 9.64. The molecule has 8 unspecified atom stereocenters. The van der Waals surface area contributed by atoms with Crippen molar-refractivity contribution in [2.45, 2.75) is 89.4 Å². The van der Waals surface area contributed by atoms with Crippen LogP contribution in [0.3, 0.4) is 0 Å². The molecule has 1 aromatic rings. The normalized spacial score (nSPS) is 35.2. The van der Waals surface area contributed by atoms with E-state index in [0.29, 0.717) is 25.2 Å². The number of allylic oxidation sites excluding steroid dienone is 2. The number of ether oxygens (including phenoxy) is 2. The predicted octanol–water partition coefficient (Wildman–Crippen LogP) is 3.97. The molecule has 7 nitrogen and oxygen atoms in total. The summed E-state index contributed by atoms with van der Waals surface area (Å²) in [6, 6.07) is 9.66. The van der Waals surface area contributed by atoms with Gasteiger partial charge in [0, 0.05) is 24.0 Å². The third-order valence-electron chi connectivity index (χ3n) is 9.02. The first-order chi connectivity index (χ1) is 18.4. The monoisotopic (exact) mass is 559 g/mol. The van der Waals surface area contributed by atoms with Crippen LogP contribution in [0.25, 0.3) is 0 Å². The van der Waals surface area contributed by atoms with Crippen LogP contribution in [-0.4, -0.2) is 60.6 Å².